The van der Waals surface area contributed by atoms with Crippen LogP contribution in [0.1, 0.15) is 24.2 Å². The molecule has 1 N–H and O–H groups in total. The number of halogens is 1. The van der Waals surface area contributed by atoms with E-state index in [1.807, 2.05) is 43.5 Å². The van der Waals surface area contributed by atoms with Crippen molar-refractivity contribution >= 4 is 54.3 Å². The Morgan fingerprint density at radius 3 is 2.61 bits per heavy atom. The van der Waals surface area contributed by atoms with Crippen LogP contribution in [0.3, 0.4) is 0 Å². The first-order chi connectivity index (χ1) is 17.1. The molecule has 1 amide bonds. The van der Waals surface area contributed by atoms with E-state index in [9.17, 15) is 18.0 Å². The molecule has 0 spiro atoms. The van der Waals surface area contributed by atoms with Gasteiger partial charge in [-0.25, -0.2) is 18.2 Å². The highest BCUT2D eigenvalue weighted by Gasteiger charge is 2.32. The molecule has 9 nitrogen and oxygen atoms in total. The Morgan fingerprint density at radius 2 is 1.89 bits per heavy atom. The van der Waals surface area contributed by atoms with Crippen molar-refractivity contribution in [1.82, 2.24) is 9.29 Å². The number of carbonyl (C=O) groups excluding carboxylic acids is 2. The zero-order valence-corrected chi connectivity index (χ0v) is 22.7. The zero-order valence-electron chi connectivity index (χ0n) is 19.5. The van der Waals surface area contributed by atoms with Gasteiger partial charge < -0.3 is 9.47 Å². The minimum atomic E-state index is -3.82. The van der Waals surface area contributed by atoms with Crippen LogP contribution < -0.4 is 5.32 Å². The van der Waals surface area contributed by atoms with Crippen LogP contribution >= 0.6 is 27.3 Å². The second kappa shape index (κ2) is 11.2. The molecule has 2 aromatic carbocycles. The van der Waals surface area contributed by atoms with Gasteiger partial charge in [-0.3, -0.25) is 10.1 Å². The number of carbonyl (C=O) groups is 2. The molecule has 0 bridgehead atoms. The SMILES string of the molecule is CC1CN(S(=O)(=O)c2cccc(C(=O)OCC(=O)Nc3nc(-c4cccc(Br)c4)cs3)c2)CC(C)O1. The molecule has 0 aliphatic carbocycles. The summed E-state index contributed by atoms with van der Waals surface area (Å²) in [5, 5.41) is 4.78. The van der Waals surface area contributed by atoms with Gasteiger partial charge in [0.2, 0.25) is 10.0 Å². The van der Waals surface area contributed by atoms with Gasteiger partial charge in [0.25, 0.3) is 5.91 Å². The lowest BCUT2D eigenvalue weighted by Crippen LogP contribution is -2.48. The van der Waals surface area contributed by atoms with Crippen LogP contribution in [0.25, 0.3) is 11.3 Å². The number of esters is 1. The van der Waals surface area contributed by atoms with Crippen molar-refractivity contribution < 1.29 is 27.5 Å². The molecule has 12 heteroatoms. The van der Waals surface area contributed by atoms with Crippen molar-refractivity contribution in [3.63, 3.8) is 0 Å². The van der Waals surface area contributed by atoms with Gasteiger partial charge in [-0.2, -0.15) is 4.31 Å². The van der Waals surface area contributed by atoms with Crippen molar-refractivity contribution in [3.05, 3.63) is 63.9 Å². The van der Waals surface area contributed by atoms with E-state index in [0.717, 1.165) is 10.0 Å². The van der Waals surface area contributed by atoms with Crippen LogP contribution in [0.4, 0.5) is 5.13 Å². The van der Waals surface area contributed by atoms with E-state index in [1.54, 1.807) is 0 Å². The van der Waals surface area contributed by atoms with Crippen molar-refractivity contribution in [1.29, 1.82) is 0 Å². The molecular formula is C24H24BrN3O6S2. The van der Waals surface area contributed by atoms with Crippen LogP contribution in [0.15, 0.2) is 63.3 Å². The minimum Gasteiger partial charge on any atom is -0.452 e. The number of aromatic nitrogens is 1. The lowest BCUT2D eigenvalue weighted by atomic mass is 10.2. The van der Waals surface area contributed by atoms with Gasteiger partial charge in [0, 0.05) is 28.5 Å². The summed E-state index contributed by atoms with van der Waals surface area (Å²) >= 11 is 4.67. The largest absolute Gasteiger partial charge is 0.452 e. The zero-order chi connectivity index (χ0) is 25.9. The lowest BCUT2D eigenvalue weighted by molar-refractivity contribution is -0.119. The fourth-order valence-electron chi connectivity index (χ4n) is 3.74. The summed E-state index contributed by atoms with van der Waals surface area (Å²) in [6.45, 7) is 3.53. The normalized spacial score (nSPS) is 18.5. The first-order valence-electron chi connectivity index (χ1n) is 11.1. The van der Waals surface area contributed by atoms with Crippen molar-refractivity contribution in [2.75, 3.05) is 25.0 Å². The molecule has 2 heterocycles. The number of benzene rings is 2. The van der Waals surface area contributed by atoms with Crippen LogP contribution in [0, 0.1) is 0 Å². The number of anilines is 1. The predicted molar refractivity (Wildman–Crippen MR) is 139 cm³/mol. The Morgan fingerprint density at radius 1 is 1.17 bits per heavy atom. The molecule has 3 aromatic rings. The Hall–Kier alpha value is -2.64. The Balaban J connectivity index is 1.36. The van der Waals surface area contributed by atoms with Gasteiger partial charge in [0.15, 0.2) is 11.7 Å². The molecular weight excluding hydrogens is 570 g/mol. The molecule has 0 radical (unpaired) electrons. The number of hydrogen-bond acceptors (Lipinski definition) is 8. The summed E-state index contributed by atoms with van der Waals surface area (Å²) in [5.74, 6) is -1.36. The number of rotatable bonds is 7. The number of nitrogens with one attached hydrogen (secondary N) is 1. The molecule has 4 rings (SSSR count). The molecule has 1 saturated heterocycles. The fraction of sp³-hybridized carbons (Fsp3) is 0.292. The summed E-state index contributed by atoms with van der Waals surface area (Å²) in [7, 11) is -3.82. The highest BCUT2D eigenvalue weighted by molar-refractivity contribution is 9.10. The van der Waals surface area contributed by atoms with E-state index >= 15 is 0 Å². The maximum Gasteiger partial charge on any atom is 0.338 e. The standard InChI is InChI=1S/C24H24BrN3O6S2/c1-15-11-28(12-16(2)34-15)36(31,32)20-8-4-6-18(10-20)23(30)33-13-22(29)27-24-26-21(14-35-24)17-5-3-7-19(25)9-17/h3-10,14-16H,11-13H2,1-2H3,(H,26,27,29). The number of morpholine rings is 1. The number of sulfonamides is 1. The van der Waals surface area contributed by atoms with Crippen LogP contribution in [0.5, 0.6) is 0 Å². The average molecular weight is 595 g/mol. The third-order valence-corrected chi connectivity index (χ3v) is 8.38. The molecule has 1 aromatic heterocycles. The first-order valence-corrected chi connectivity index (χ1v) is 14.2. The van der Waals surface area contributed by atoms with E-state index in [1.165, 1.54) is 39.9 Å². The second-order valence-electron chi connectivity index (χ2n) is 8.28. The second-order valence-corrected chi connectivity index (χ2v) is 12.0. The molecule has 2 unspecified atom stereocenters. The molecule has 36 heavy (non-hydrogen) atoms. The number of amides is 1. The van der Waals surface area contributed by atoms with Gasteiger partial charge in [0.1, 0.15) is 0 Å². The smallest absolute Gasteiger partial charge is 0.338 e. The lowest BCUT2D eigenvalue weighted by Gasteiger charge is -2.34. The summed E-state index contributed by atoms with van der Waals surface area (Å²) < 4.78 is 39.2. The number of ether oxygens (including phenoxy) is 2. The maximum absolute atomic E-state index is 13.1. The highest BCUT2D eigenvalue weighted by atomic mass is 79.9. The van der Waals surface area contributed by atoms with Crippen LogP contribution in [-0.4, -0.2) is 61.5 Å². The number of nitrogens with zero attached hydrogens (tertiary/aromatic N) is 2. The maximum atomic E-state index is 13.1. The number of thiazole rings is 1. The Kier molecular flexibility index (Phi) is 8.20. The van der Waals surface area contributed by atoms with E-state index in [-0.39, 0.29) is 35.8 Å². The van der Waals surface area contributed by atoms with Crippen LogP contribution in [0.2, 0.25) is 0 Å². The van der Waals surface area contributed by atoms with Gasteiger partial charge >= 0.3 is 5.97 Å². The fourth-order valence-corrected chi connectivity index (χ4v) is 6.51. The summed E-state index contributed by atoms with van der Waals surface area (Å²) in [5.41, 5.74) is 1.63. The van der Waals surface area contributed by atoms with E-state index < -0.39 is 28.5 Å². The van der Waals surface area contributed by atoms with Gasteiger partial charge in [-0.1, -0.05) is 34.1 Å². The molecule has 1 aliphatic heterocycles. The van der Waals surface area contributed by atoms with E-state index in [4.69, 9.17) is 9.47 Å². The first kappa shape index (κ1) is 26.4. The summed E-state index contributed by atoms with van der Waals surface area (Å²) in [6.07, 6.45) is -0.475. The van der Waals surface area contributed by atoms with E-state index in [0.29, 0.717) is 10.8 Å². The third-order valence-electron chi connectivity index (χ3n) is 5.30. The topological polar surface area (TPSA) is 115 Å². The van der Waals surface area contributed by atoms with Gasteiger partial charge in [-0.05, 0) is 44.2 Å². The molecule has 2 atom stereocenters. The van der Waals surface area contributed by atoms with E-state index in [2.05, 4.69) is 26.2 Å². The van der Waals surface area contributed by atoms with Gasteiger partial charge in [-0.15, -0.1) is 11.3 Å². The molecule has 1 aliphatic rings. The third kappa shape index (κ3) is 6.37. The molecule has 0 saturated carbocycles. The Labute approximate surface area is 221 Å². The Bertz CT molecular complexity index is 1370. The average Bonchev–Trinajstić information content (AvgIpc) is 3.30. The monoisotopic (exact) mass is 593 g/mol. The van der Waals surface area contributed by atoms with Crippen molar-refractivity contribution in [2.24, 2.45) is 0 Å². The predicted octanol–water partition coefficient (Wildman–Crippen LogP) is 4.17. The molecule has 1 fully saturated rings. The molecule has 190 valence electrons. The highest BCUT2D eigenvalue weighted by Crippen LogP contribution is 2.27. The summed E-state index contributed by atoms with van der Waals surface area (Å²) in [4.78, 5) is 29.2. The quantitative estimate of drug-likeness (QED) is 0.409. The van der Waals surface area contributed by atoms with Crippen molar-refractivity contribution in [2.45, 2.75) is 31.0 Å². The van der Waals surface area contributed by atoms with Crippen molar-refractivity contribution in [3.8, 4) is 11.3 Å². The van der Waals surface area contributed by atoms with Gasteiger partial charge in [0.05, 0.1) is 28.4 Å². The number of hydrogen-bond donors (Lipinski definition) is 1. The van der Waals surface area contributed by atoms with Crippen LogP contribution in [-0.2, 0) is 24.3 Å². The summed E-state index contributed by atoms with van der Waals surface area (Å²) in [6, 6.07) is 13.2. The minimum absolute atomic E-state index is 0.0226.